The molecule has 0 saturated carbocycles. The quantitative estimate of drug-likeness (QED) is 0.587. The van der Waals surface area contributed by atoms with E-state index in [1.54, 1.807) is 48.2 Å². The lowest BCUT2D eigenvalue weighted by Gasteiger charge is -2.11. The van der Waals surface area contributed by atoms with Gasteiger partial charge in [-0.15, -0.1) is 11.8 Å². The fourth-order valence-corrected chi connectivity index (χ4v) is 3.61. The Morgan fingerprint density at radius 1 is 1.11 bits per heavy atom. The minimum absolute atomic E-state index is 0.0986. The fraction of sp³-hybridized carbons (Fsp3) is 0.250. The highest BCUT2D eigenvalue weighted by Gasteiger charge is 2.19. The van der Waals surface area contributed by atoms with Crippen LogP contribution >= 0.6 is 11.8 Å². The van der Waals surface area contributed by atoms with Gasteiger partial charge in [0.25, 0.3) is 0 Å². The van der Waals surface area contributed by atoms with Gasteiger partial charge in [-0.2, -0.15) is 0 Å². The Morgan fingerprint density at radius 3 is 2.68 bits per heavy atom. The molecule has 1 amide bonds. The van der Waals surface area contributed by atoms with Crippen LogP contribution in [-0.4, -0.2) is 44.2 Å². The second-order valence-electron chi connectivity index (χ2n) is 5.92. The van der Waals surface area contributed by atoms with Crippen molar-refractivity contribution in [2.75, 3.05) is 31.9 Å². The number of anilines is 1. The molecule has 0 bridgehead atoms. The minimum Gasteiger partial charge on any atom is -0.497 e. The van der Waals surface area contributed by atoms with E-state index in [9.17, 15) is 14.4 Å². The zero-order valence-corrected chi connectivity index (χ0v) is 16.3. The van der Waals surface area contributed by atoms with Crippen molar-refractivity contribution in [1.82, 2.24) is 0 Å². The van der Waals surface area contributed by atoms with Gasteiger partial charge in [-0.05, 0) is 30.3 Å². The van der Waals surface area contributed by atoms with E-state index in [0.29, 0.717) is 34.9 Å². The van der Waals surface area contributed by atoms with E-state index in [1.807, 2.05) is 0 Å². The van der Waals surface area contributed by atoms with E-state index in [1.165, 1.54) is 14.2 Å². The van der Waals surface area contributed by atoms with Gasteiger partial charge in [-0.3, -0.25) is 9.59 Å². The first-order chi connectivity index (χ1) is 13.5. The SMILES string of the molecule is COc1ccc(C(=O)COC(=O)c2ccc3c(c2)NC(=O)CCS3)c(OC)c1. The summed E-state index contributed by atoms with van der Waals surface area (Å²) in [6.07, 6.45) is 0.414. The molecular weight excluding hydrogens is 382 g/mol. The monoisotopic (exact) mass is 401 g/mol. The summed E-state index contributed by atoms with van der Waals surface area (Å²) in [6.45, 7) is -0.431. The number of ether oxygens (including phenoxy) is 3. The maximum Gasteiger partial charge on any atom is 0.338 e. The van der Waals surface area contributed by atoms with E-state index in [-0.39, 0.29) is 11.5 Å². The second-order valence-corrected chi connectivity index (χ2v) is 7.06. The number of hydrogen-bond acceptors (Lipinski definition) is 7. The van der Waals surface area contributed by atoms with Crippen LogP contribution in [0, 0.1) is 0 Å². The van der Waals surface area contributed by atoms with Crippen molar-refractivity contribution < 1.29 is 28.6 Å². The average molecular weight is 401 g/mol. The summed E-state index contributed by atoms with van der Waals surface area (Å²) in [7, 11) is 2.96. The number of hydrogen-bond donors (Lipinski definition) is 1. The predicted molar refractivity (Wildman–Crippen MR) is 105 cm³/mol. The zero-order chi connectivity index (χ0) is 20.1. The van der Waals surface area contributed by atoms with Crippen molar-refractivity contribution >= 4 is 35.1 Å². The summed E-state index contributed by atoms with van der Waals surface area (Å²) >= 11 is 1.54. The van der Waals surface area contributed by atoms with Crippen LogP contribution in [-0.2, 0) is 9.53 Å². The second kappa shape index (κ2) is 8.79. The molecule has 0 aromatic heterocycles. The maximum atomic E-state index is 12.4. The molecule has 0 fully saturated rings. The third kappa shape index (κ3) is 4.45. The van der Waals surface area contributed by atoms with E-state index < -0.39 is 18.4 Å². The maximum absolute atomic E-state index is 12.4. The van der Waals surface area contributed by atoms with Crippen LogP contribution in [0.4, 0.5) is 5.69 Å². The first-order valence-electron chi connectivity index (χ1n) is 8.51. The first-order valence-corrected chi connectivity index (χ1v) is 9.49. The zero-order valence-electron chi connectivity index (χ0n) is 15.4. The standard InChI is InChI=1S/C20H19NO6S/c1-25-13-4-5-14(17(10-13)26-2)16(22)11-27-20(24)12-3-6-18-15(9-12)21-19(23)7-8-28-18/h3-6,9-10H,7-8,11H2,1-2H3,(H,21,23). The van der Waals surface area contributed by atoms with Crippen LogP contribution in [0.1, 0.15) is 27.1 Å². The molecule has 0 radical (unpaired) electrons. The third-order valence-corrected chi connectivity index (χ3v) is 5.19. The number of ketones is 1. The van der Waals surface area contributed by atoms with Crippen molar-refractivity contribution in [2.24, 2.45) is 0 Å². The Balaban J connectivity index is 1.69. The number of rotatable bonds is 6. The van der Waals surface area contributed by atoms with Crippen LogP contribution < -0.4 is 14.8 Å². The Labute approximate surface area is 166 Å². The summed E-state index contributed by atoms with van der Waals surface area (Å²) in [5.74, 6) is 0.429. The molecule has 0 spiro atoms. The highest BCUT2D eigenvalue weighted by atomic mass is 32.2. The number of thioether (sulfide) groups is 1. The minimum atomic E-state index is -0.646. The molecule has 28 heavy (non-hydrogen) atoms. The molecule has 0 aliphatic carbocycles. The highest BCUT2D eigenvalue weighted by Crippen LogP contribution is 2.31. The lowest BCUT2D eigenvalue weighted by Crippen LogP contribution is -2.16. The van der Waals surface area contributed by atoms with Crippen LogP contribution in [0.5, 0.6) is 11.5 Å². The van der Waals surface area contributed by atoms with Gasteiger partial charge in [-0.1, -0.05) is 0 Å². The Hall–Kier alpha value is -3.00. The molecule has 7 nitrogen and oxygen atoms in total. The summed E-state index contributed by atoms with van der Waals surface area (Å²) in [5.41, 5.74) is 1.13. The van der Waals surface area contributed by atoms with Crippen molar-refractivity contribution in [3.63, 3.8) is 0 Å². The molecule has 146 valence electrons. The molecule has 1 N–H and O–H groups in total. The van der Waals surface area contributed by atoms with Crippen molar-refractivity contribution in [1.29, 1.82) is 0 Å². The van der Waals surface area contributed by atoms with Crippen molar-refractivity contribution in [2.45, 2.75) is 11.3 Å². The largest absolute Gasteiger partial charge is 0.497 e. The van der Waals surface area contributed by atoms with Crippen LogP contribution in [0.15, 0.2) is 41.3 Å². The number of carbonyl (C=O) groups is 3. The molecule has 3 rings (SSSR count). The van der Waals surface area contributed by atoms with Crippen molar-refractivity contribution in [3.8, 4) is 11.5 Å². The molecular formula is C20H19NO6S. The molecule has 2 aromatic carbocycles. The molecule has 0 saturated heterocycles. The first kappa shape index (κ1) is 19.8. The Kier molecular flexibility index (Phi) is 6.20. The van der Waals surface area contributed by atoms with Crippen LogP contribution in [0.25, 0.3) is 0 Å². The number of methoxy groups -OCH3 is 2. The fourth-order valence-electron chi connectivity index (χ4n) is 2.67. The molecule has 0 unspecified atom stereocenters. The number of carbonyl (C=O) groups excluding carboxylic acids is 3. The van der Waals surface area contributed by atoms with Gasteiger partial charge >= 0.3 is 5.97 Å². The smallest absolute Gasteiger partial charge is 0.338 e. The van der Waals surface area contributed by atoms with E-state index in [0.717, 1.165) is 4.90 Å². The normalized spacial score (nSPS) is 13.0. The Bertz CT molecular complexity index is 927. The van der Waals surface area contributed by atoms with Crippen LogP contribution in [0.3, 0.4) is 0 Å². The summed E-state index contributed by atoms with van der Waals surface area (Å²) in [5, 5.41) is 2.77. The Morgan fingerprint density at radius 2 is 1.93 bits per heavy atom. The topological polar surface area (TPSA) is 90.9 Å². The van der Waals surface area contributed by atoms with E-state index in [4.69, 9.17) is 14.2 Å². The molecule has 8 heteroatoms. The molecule has 0 atom stereocenters. The average Bonchev–Trinajstić information content (AvgIpc) is 2.90. The summed E-state index contributed by atoms with van der Waals surface area (Å²) < 4.78 is 15.5. The summed E-state index contributed by atoms with van der Waals surface area (Å²) in [4.78, 5) is 37.4. The predicted octanol–water partition coefficient (Wildman–Crippen LogP) is 3.18. The lowest BCUT2D eigenvalue weighted by atomic mass is 10.1. The van der Waals surface area contributed by atoms with Gasteiger partial charge < -0.3 is 19.5 Å². The van der Waals surface area contributed by atoms with E-state index in [2.05, 4.69) is 5.32 Å². The van der Waals surface area contributed by atoms with Gasteiger partial charge in [0.1, 0.15) is 11.5 Å². The van der Waals surface area contributed by atoms with Gasteiger partial charge in [0, 0.05) is 23.1 Å². The number of esters is 1. The molecule has 2 aromatic rings. The number of nitrogens with one attached hydrogen (secondary N) is 1. The van der Waals surface area contributed by atoms with Gasteiger partial charge in [0.05, 0.1) is 31.0 Å². The van der Waals surface area contributed by atoms with Gasteiger partial charge in [0.15, 0.2) is 6.61 Å². The van der Waals surface area contributed by atoms with E-state index >= 15 is 0 Å². The highest BCUT2D eigenvalue weighted by molar-refractivity contribution is 7.99. The van der Waals surface area contributed by atoms with Gasteiger partial charge in [-0.25, -0.2) is 4.79 Å². The van der Waals surface area contributed by atoms with Gasteiger partial charge in [0.2, 0.25) is 11.7 Å². The van der Waals surface area contributed by atoms with Crippen molar-refractivity contribution in [3.05, 3.63) is 47.5 Å². The third-order valence-electron chi connectivity index (χ3n) is 4.12. The number of amides is 1. The molecule has 1 aliphatic heterocycles. The summed E-state index contributed by atoms with van der Waals surface area (Å²) in [6, 6.07) is 9.71. The molecule has 1 heterocycles. The number of benzene rings is 2. The number of fused-ring (bicyclic) bond motifs is 1. The number of Topliss-reactive ketones (excluding diaryl/α,β-unsaturated/α-hetero) is 1. The lowest BCUT2D eigenvalue weighted by molar-refractivity contribution is -0.115. The molecule has 1 aliphatic rings. The van der Waals surface area contributed by atoms with Crippen LogP contribution in [0.2, 0.25) is 0 Å².